The largest absolute Gasteiger partial charge is 0.329 e. The van der Waals surface area contributed by atoms with Gasteiger partial charge < -0.3 is 5.73 Å². The fourth-order valence-corrected chi connectivity index (χ4v) is 3.32. The lowest BCUT2D eigenvalue weighted by atomic mass is 9.99. The Morgan fingerprint density at radius 1 is 1.05 bits per heavy atom. The molecule has 2 N–H and O–H groups in total. The van der Waals surface area contributed by atoms with Gasteiger partial charge in [-0.1, -0.05) is 49.9 Å². The molecule has 0 aromatic heterocycles. The van der Waals surface area contributed by atoms with E-state index >= 15 is 0 Å². The average Bonchev–Trinajstić information content (AvgIpc) is 2.77. The molecule has 0 saturated heterocycles. The van der Waals surface area contributed by atoms with E-state index in [1.165, 1.54) is 50.7 Å². The highest BCUT2D eigenvalue weighted by Crippen LogP contribution is 2.29. The molecule has 0 spiro atoms. The minimum absolute atomic E-state index is 0.0756. The second kappa shape index (κ2) is 7.85. The molecular weight excluding hydrogens is 270 g/mol. The van der Waals surface area contributed by atoms with Gasteiger partial charge in [0.05, 0.1) is 0 Å². The van der Waals surface area contributed by atoms with Crippen LogP contribution in [0.1, 0.15) is 62.1 Å². The molecule has 118 valence electrons. The number of nitrogens with zero attached hydrogens (tertiary/aromatic N) is 1. The minimum Gasteiger partial charge on any atom is -0.329 e. The van der Waals surface area contributed by atoms with Crippen LogP contribution in [-0.4, -0.2) is 24.5 Å². The summed E-state index contributed by atoms with van der Waals surface area (Å²) in [5.74, 6) is 0. The molecule has 1 aromatic rings. The Balaban J connectivity index is 2.09. The number of hydrogen-bond acceptors (Lipinski definition) is 2. The van der Waals surface area contributed by atoms with Crippen molar-refractivity contribution in [3.8, 4) is 0 Å². The molecule has 0 amide bonds. The Kier molecular flexibility index (Phi) is 6.12. The molecule has 4 heteroatoms. The summed E-state index contributed by atoms with van der Waals surface area (Å²) in [6.07, 6.45) is 5.20. The summed E-state index contributed by atoms with van der Waals surface area (Å²) in [6, 6.07) is 7.29. The molecule has 0 bridgehead atoms. The topological polar surface area (TPSA) is 29.3 Å². The molecule has 1 aliphatic rings. The fraction of sp³-hybridized carbons (Fsp3) is 0.647. The number of halogens is 2. The molecule has 1 aromatic carbocycles. The van der Waals surface area contributed by atoms with Crippen LogP contribution >= 0.6 is 0 Å². The molecule has 1 atom stereocenters. The first-order chi connectivity index (χ1) is 10.1. The van der Waals surface area contributed by atoms with Gasteiger partial charge in [-0.3, -0.25) is 4.90 Å². The van der Waals surface area contributed by atoms with Crippen molar-refractivity contribution < 1.29 is 8.78 Å². The molecule has 2 rings (SSSR count). The molecule has 0 radical (unpaired) electrons. The number of nitrogens with two attached hydrogens (primary N) is 1. The number of rotatable bonds is 5. The predicted octanol–water partition coefficient (Wildman–Crippen LogP) is 4.28. The van der Waals surface area contributed by atoms with E-state index in [0.717, 1.165) is 5.56 Å². The molecule has 1 aliphatic carbocycles. The fourth-order valence-electron chi connectivity index (χ4n) is 3.32. The van der Waals surface area contributed by atoms with Gasteiger partial charge in [-0.05, 0) is 25.5 Å². The van der Waals surface area contributed by atoms with Gasteiger partial charge in [0, 0.05) is 24.2 Å². The summed E-state index contributed by atoms with van der Waals surface area (Å²) in [6.45, 7) is 0.515. The summed E-state index contributed by atoms with van der Waals surface area (Å²) < 4.78 is 25.3. The van der Waals surface area contributed by atoms with Gasteiger partial charge in [-0.25, -0.2) is 8.78 Å². The van der Waals surface area contributed by atoms with Gasteiger partial charge in [-0.2, -0.15) is 0 Å². The van der Waals surface area contributed by atoms with Crippen molar-refractivity contribution in [2.24, 2.45) is 5.73 Å². The van der Waals surface area contributed by atoms with Gasteiger partial charge in [0.2, 0.25) is 0 Å². The zero-order valence-electron chi connectivity index (χ0n) is 12.8. The van der Waals surface area contributed by atoms with Crippen molar-refractivity contribution in [1.29, 1.82) is 0 Å². The highest BCUT2D eigenvalue weighted by atomic mass is 19.3. The van der Waals surface area contributed by atoms with Crippen molar-refractivity contribution in [3.63, 3.8) is 0 Å². The molecule has 21 heavy (non-hydrogen) atoms. The third kappa shape index (κ3) is 4.24. The zero-order valence-corrected chi connectivity index (χ0v) is 12.8. The standard InChI is InChI=1S/C17H26F2N2/c1-21(15-6-4-2-3-5-7-15)16(12-20)13-8-10-14(11-9-13)17(18)19/h8-11,15-17H,2-7,12,20H2,1H3. The lowest BCUT2D eigenvalue weighted by Gasteiger charge is -2.34. The van der Waals surface area contributed by atoms with Crippen LogP contribution in [0, 0.1) is 0 Å². The third-order valence-electron chi connectivity index (χ3n) is 4.69. The van der Waals surface area contributed by atoms with Crippen molar-refractivity contribution in [2.75, 3.05) is 13.6 Å². The van der Waals surface area contributed by atoms with Crippen LogP contribution in [0.2, 0.25) is 0 Å². The smallest absolute Gasteiger partial charge is 0.263 e. The first-order valence-corrected chi connectivity index (χ1v) is 7.93. The third-order valence-corrected chi connectivity index (χ3v) is 4.69. The van der Waals surface area contributed by atoms with Crippen LogP contribution in [0.15, 0.2) is 24.3 Å². The number of benzene rings is 1. The molecular formula is C17H26F2N2. The van der Waals surface area contributed by atoms with Crippen LogP contribution in [-0.2, 0) is 0 Å². The Morgan fingerprint density at radius 2 is 1.57 bits per heavy atom. The van der Waals surface area contributed by atoms with Gasteiger partial charge in [0.1, 0.15) is 0 Å². The van der Waals surface area contributed by atoms with Crippen LogP contribution in [0.25, 0.3) is 0 Å². The van der Waals surface area contributed by atoms with Crippen LogP contribution < -0.4 is 5.73 Å². The second-order valence-corrected chi connectivity index (χ2v) is 6.03. The first-order valence-electron chi connectivity index (χ1n) is 7.93. The number of hydrogen-bond donors (Lipinski definition) is 1. The van der Waals surface area contributed by atoms with Crippen molar-refractivity contribution in [1.82, 2.24) is 4.90 Å². The highest BCUT2D eigenvalue weighted by molar-refractivity contribution is 5.26. The second-order valence-electron chi connectivity index (χ2n) is 6.03. The highest BCUT2D eigenvalue weighted by Gasteiger charge is 2.24. The molecule has 0 heterocycles. The number of likely N-dealkylation sites (N-methyl/N-ethyl adjacent to an activating group) is 1. The molecule has 2 nitrogen and oxygen atoms in total. The van der Waals surface area contributed by atoms with E-state index < -0.39 is 6.43 Å². The summed E-state index contributed by atoms with van der Waals surface area (Å²) in [4.78, 5) is 2.35. The summed E-state index contributed by atoms with van der Waals surface area (Å²) in [7, 11) is 2.12. The van der Waals surface area contributed by atoms with E-state index in [2.05, 4.69) is 11.9 Å². The Morgan fingerprint density at radius 3 is 2.05 bits per heavy atom. The molecule has 1 saturated carbocycles. The predicted molar refractivity (Wildman–Crippen MR) is 82.4 cm³/mol. The summed E-state index contributed by atoms with van der Waals surface area (Å²) >= 11 is 0. The average molecular weight is 296 g/mol. The summed E-state index contributed by atoms with van der Waals surface area (Å²) in [5.41, 5.74) is 7.07. The van der Waals surface area contributed by atoms with E-state index in [9.17, 15) is 8.78 Å². The minimum atomic E-state index is -2.41. The Bertz CT molecular complexity index is 411. The van der Waals surface area contributed by atoms with E-state index in [1.54, 1.807) is 12.1 Å². The van der Waals surface area contributed by atoms with Crippen LogP contribution in [0.5, 0.6) is 0 Å². The SMILES string of the molecule is CN(C1CCCCCC1)C(CN)c1ccc(C(F)F)cc1. The lowest BCUT2D eigenvalue weighted by Crippen LogP contribution is -2.38. The van der Waals surface area contributed by atoms with Crippen LogP contribution in [0.4, 0.5) is 8.78 Å². The Labute approximate surface area is 126 Å². The van der Waals surface area contributed by atoms with Gasteiger partial charge >= 0.3 is 0 Å². The van der Waals surface area contributed by atoms with Gasteiger partial charge in [0.25, 0.3) is 6.43 Å². The van der Waals surface area contributed by atoms with E-state index in [0.29, 0.717) is 12.6 Å². The lowest BCUT2D eigenvalue weighted by molar-refractivity contribution is 0.150. The van der Waals surface area contributed by atoms with Crippen molar-refractivity contribution in [3.05, 3.63) is 35.4 Å². The van der Waals surface area contributed by atoms with E-state index in [-0.39, 0.29) is 11.6 Å². The Hall–Kier alpha value is -1.00. The maximum Gasteiger partial charge on any atom is 0.263 e. The molecule has 0 aliphatic heterocycles. The number of alkyl halides is 2. The van der Waals surface area contributed by atoms with Gasteiger partial charge in [-0.15, -0.1) is 0 Å². The first kappa shape index (κ1) is 16.4. The zero-order chi connectivity index (χ0) is 15.2. The maximum atomic E-state index is 12.6. The molecule has 1 fully saturated rings. The van der Waals surface area contributed by atoms with Crippen molar-refractivity contribution in [2.45, 2.75) is 57.0 Å². The van der Waals surface area contributed by atoms with Crippen molar-refractivity contribution >= 4 is 0 Å². The van der Waals surface area contributed by atoms with E-state index in [4.69, 9.17) is 5.73 Å². The quantitative estimate of drug-likeness (QED) is 0.822. The normalized spacial score (nSPS) is 19.0. The maximum absolute atomic E-state index is 12.6. The van der Waals surface area contributed by atoms with E-state index in [1.807, 2.05) is 0 Å². The molecule has 1 unspecified atom stereocenters. The van der Waals surface area contributed by atoms with Gasteiger partial charge in [0.15, 0.2) is 0 Å². The summed E-state index contributed by atoms with van der Waals surface area (Å²) in [5, 5.41) is 0. The van der Waals surface area contributed by atoms with Crippen LogP contribution in [0.3, 0.4) is 0 Å². The monoisotopic (exact) mass is 296 g/mol.